The molecule has 0 amide bonds. The van der Waals surface area contributed by atoms with Gasteiger partial charge in [-0.05, 0) is 67.1 Å². The highest BCUT2D eigenvalue weighted by Gasteiger charge is 2.39. The van der Waals surface area contributed by atoms with Gasteiger partial charge in [0.2, 0.25) is 5.88 Å². The smallest absolute Gasteiger partial charge is 0.240 e. The standard InChI is InChI=1S/C30H36N2O/c1-9-15-30(7,19(3)10-2)26-16-22-21-13-11-12-14-24(21)29(5,6)25(22)17-23(26)27-28(33-8)32-20(4)18-31-27/h10-14,16-18H,9,15H2,1-8H3/b19-10-. The molecule has 1 aliphatic rings. The molecule has 1 atom stereocenters. The molecule has 1 aliphatic carbocycles. The third-order valence-corrected chi connectivity index (χ3v) is 7.68. The van der Waals surface area contributed by atoms with Gasteiger partial charge in [-0.25, -0.2) is 9.97 Å². The molecule has 0 saturated heterocycles. The van der Waals surface area contributed by atoms with Crippen molar-refractivity contribution in [2.24, 2.45) is 0 Å². The van der Waals surface area contributed by atoms with Crippen molar-refractivity contribution in [3.63, 3.8) is 0 Å². The van der Waals surface area contributed by atoms with Crippen LogP contribution in [0.25, 0.3) is 22.4 Å². The van der Waals surface area contributed by atoms with E-state index in [2.05, 4.69) is 89.0 Å². The molecule has 33 heavy (non-hydrogen) atoms. The van der Waals surface area contributed by atoms with Crippen molar-refractivity contribution >= 4 is 0 Å². The number of hydrogen-bond acceptors (Lipinski definition) is 3. The first-order valence-electron chi connectivity index (χ1n) is 12.0. The molecule has 4 rings (SSSR count). The van der Waals surface area contributed by atoms with Gasteiger partial charge in [0, 0.05) is 22.6 Å². The number of fused-ring (bicyclic) bond motifs is 3. The van der Waals surface area contributed by atoms with E-state index < -0.39 is 0 Å². The van der Waals surface area contributed by atoms with E-state index in [-0.39, 0.29) is 10.8 Å². The summed E-state index contributed by atoms with van der Waals surface area (Å²) in [5.74, 6) is 0.585. The van der Waals surface area contributed by atoms with Gasteiger partial charge in [0.25, 0.3) is 0 Å². The SMILES string of the molecule is C/C=C(/C)C(C)(CCC)c1cc2c(cc1-c1ncc(C)nc1OC)C(C)(C)c1ccccc1-2. The van der Waals surface area contributed by atoms with Gasteiger partial charge >= 0.3 is 0 Å². The number of benzene rings is 2. The Morgan fingerprint density at radius 1 is 1.09 bits per heavy atom. The maximum atomic E-state index is 5.74. The summed E-state index contributed by atoms with van der Waals surface area (Å²) < 4.78 is 5.74. The summed E-state index contributed by atoms with van der Waals surface area (Å²) in [5, 5.41) is 0. The molecule has 1 heterocycles. The molecular weight excluding hydrogens is 404 g/mol. The topological polar surface area (TPSA) is 35.0 Å². The summed E-state index contributed by atoms with van der Waals surface area (Å²) in [6.45, 7) is 15.6. The van der Waals surface area contributed by atoms with Gasteiger partial charge in [0.15, 0.2) is 0 Å². The van der Waals surface area contributed by atoms with E-state index in [1.807, 2.05) is 13.1 Å². The normalized spacial score (nSPS) is 16.2. The molecule has 0 fully saturated rings. The summed E-state index contributed by atoms with van der Waals surface area (Å²) in [7, 11) is 1.68. The Morgan fingerprint density at radius 3 is 2.48 bits per heavy atom. The molecular formula is C30H36N2O. The summed E-state index contributed by atoms with van der Waals surface area (Å²) in [6, 6.07) is 13.6. The lowest BCUT2D eigenvalue weighted by atomic mass is 9.69. The number of methoxy groups -OCH3 is 1. The van der Waals surface area contributed by atoms with Crippen LogP contribution in [0.3, 0.4) is 0 Å². The quantitative estimate of drug-likeness (QED) is 0.367. The van der Waals surface area contributed by atoms with Crippen LogP contribution in [0.4, 0.5) is 0 Å². The Labute approximate surface area is 199 Å². The molecule has 3 heteroatoms. The van der Waals surface area contributed by atoms with Gasteiger partial charge < -0.3 is 4.74 Å². The van der Waals surface area contributed by atoms with Gasteiger partial charge in [-0.15, -0.1) is 0 Å². The summed E-state index contributed by atoms with van der Waals surface area (Å²) in [6.07, 6.45) is 6.25. The molecule has 0 aliphatic heterocycles. The first-order chi connectivity index (χ1) is 15.7. The molecule has 0 radical (unpaired) electrons. The Kier molecular flexibility index (Phi) is 5.94. The van der Waals surface area contributed by atoms with Crippen LogP contribution in [0.5, 0.6) is 5.88 Å². The number of nitrogens with zero attached hydrogens (tertiary/aromatic N) is 2. The van der Waals surface area contributed by atoms with Crippen molar-refractivity contribution in [2.75, 3.05) is 7.11 Å². The Bertz CT molecular complexity index is 1240. The van der Waals surface area contributed by atoms with Gasteiger partial charge in [-0.2, -0.15) is 0 Å². The highest BCUT2D eigenvalue weighted by Crippen LogP contribution is 2.53. The lowest BCUT2D eigenvalue weighted by molar-refractivity contribution is 0.396. The van der Waals surface area contributed by atoms with Crippen molar-refractivity contribution in [1.29, 1.82) is 0 Å². The zero-order chi connectivity index (χ0) is 24.0. The molecule has 0 N–H and O–H groups in total. The van der Waals surface area contributed by atoms with E-state index in [9.17, 15) is 0 Å². The van der Waals surface area contributed by atoms with Crippen LogP contribution >= 0.6 is 0 Å². The number of aryl methyl sites for hydroxylation is 1. The van der Waals surface area contributed by atoms with Crippen LogP contribution < -0.4 is 4.74 Å². The van der Waals surface area contributed by atoms with Crippen molar-refractivity contribution in [2.45, 2.75) is 72.1 Å². The molecule has 3 aromatic rings. The largest absolute Gasteiger partial charge is 0.479 e. The lowest BCUT2D eigenvalue weighted by Crippen LogP contribution is -2.25. The van der Waals surface area contributed by atoms with Crippen LogP contribution in [-0.2, 0) is 10.8 Å². The third-order valence-electron chi connectivity index (χ3n) is 7.68. The van der Waals surface area contributed by atoms with Crippen molar-refractivity contribution in [3.05, 3.63) is 76.6 Å². The fourth-order valence-electron chi connectivity index (χ4n) is 5.55. The molecule has 172 valence electrons. The zero-order valence-electron chi connectivity index (χ0n) is 21.3. The van der Waals surface area contributed by atoms with E-state index in [0.29, 0.717) is 5.88 Å². The van der Waals surface area contributed by atoms with E-state index >= 15 is 0 Å². The minimum Gasteiger partial charge on any atom is -0.479 e. The fourth-order valence-corrected chi connectivity index (χ4v) is 5.55. The van der Waals surface area contributed by atoms with E-state index in [4.69, 9.17) is 9.72 Å². The molecule has 1 aromatic heterocycles. The van der Waals surface area contributed by atoms with Crippen LogP contribution in [0.15, 0.2) is 54.2 Å². The van der Waals surface area contributed by atoms with Crippen LogP contribution in [-0.4, -0.2) is 17.1 Å². The highest BCUT2D eigenvalue weighted by molar-refractivity contribution is 5.86. The molecule has 0 saturated carbocycles. The second-order valence-corrected chi connectivity index (χ2v) is 10.0. The van der Waals surface area contributed by atoms with Crippen LogP contribution in [0.2, 0.25) is 0 Å². The summed E-state index contributed by atoms with van der Waals surface area (Å²) in [5.41, 5.74) is 10.6. The van der Waals surface area contributed by atoms with Gasteiger partial charge in [-0.1, -0.05) is 70.0 Å². The maximum Gasteiger partial charge on any atom is 0.240 e. The molecule has 1 unspecified atom stereocenters. The Morgan fingerprint density at radius 2 is 1.82 bits per heavy atom. The maximum absolute atomic E-state index is 5.74. The fraction of sp³-hybridized carbons (Fsp3) is 0.400. The zero-order valence-corrected chi connectivity index (χ0v) is 21.3. The number of rotatable bonds is 6. The third kappa shape index (κ3) is 3.58. The number of aromatic nitrogens is 2. The van der Waals surface area contributed by atoms with E-state index in [0.717, 1.165) is 29.8 Å². The average molecular weight is 441 g/mol. The summed E-state index contributed by atoms with van der Waals surface area (Å²) >= 11 is 0. The minimum atomic E-state index is -0.118. The first kappa shape index (κ1) is 23.2. The molecule has 0 bridgehead atoms. The lowest BCUT2D eigenvalue weighted by Gasteiger charge is -2.34. The Hall–Kier alpha value is -2.94. The molecule has 2 aromatic carbocycles. The minimum absolute atomic E-state index is 0.0820. The molecule has 3 nitrogen and oxygen atoms in total. The van der Waals surface area contributed by atoms with Crippen molar-refractivity contribution in [1.82, 2.24) is 9.97 Å². The van der Waals surface area contributed by atoms with Crippen LogP contribution in [0.1, 0.15) is 76.8 Å². The molecule has 0 spiro atoms. The predicted molar refractivity (Wildman–Crippen MR) is 138 cm³/mol. The predicted octanol–water partition coefficient (Wildman–Crippen LogP) is 7.79. The highest BCUT2D eigenvalue weighted by atomic mass is 16.5. The second kappa shape index (κ2) is 8.44. The van der Waals surface area contributed by atoms with E-state index in [1.54, 1.807) is 7.11 Å². The van der Waals surface area contributed by atoms with Crippen molar-refractivity contribution < 1.29 is 4.74 Å². The van der Waals surface area contributed by atoms with E-state index in [1.165, 1.54) is 33.4 Å². The van der Waals surface area contributed by atoms with Gasteiger partial charge in [0.05, 0.1) is 12.8 Å². The van der Waals surface area contributed by atoms with Gasteiger partial charge in [-0.3, -0.25) is 0 Å². The second-order valence-electron chi connectivity index (χ2n) is 10.0. The van der Waals surface area contributed by atoms with Crippen molar-refractivity contribution in [3.8, 4) is 28.3 Å². The number of allylic oxidation sites excluding steroid dienone is 2. The Balaban J connectivity index is 2.12. The number of hydrogen-bond donors (Lipinski definition) is 0. The summed E-state index contributed by atoms with van der Waals surface area (Å²) in [4.78, 5) is 9.53. The van der Waals surface area contributed by atoms with Crippen LogP contribution in [0, 0.1) is 6.92 Å². The van der Waals surface area contributed by atoms with Gasteiger partial charge in [0.1, 0.15) is 5.69 Å². The number of ether oxygens (including phenoxy) is 1. The first-order valence-corrected chi connectivity index (χ1v) is 12.0. The average Bonchev–Trinajstić information content (AvgIpc) is 3.04. The monoisotopic (exact) mass is 440 g/mol.